The number of hydrogen-bond acceptors (Lipinski definition) is 6. The van der Waals surface area contributed by atoms with Crippen molar-refractivity contribution in [2.45, 2.75) is 0 Å². The second-order valence-electron chi connectivity index (χ2n) is 13.4. The van der Waals surface area contributed by atoms with E-state index in [2.05, 4.69) is 127 Å². The lowest BCUT2D eigenvalue weighted by Gasteiger charge is -2.13. The van der Waals surface area contributed by atoms with E-state index in [1.807, 2.05) is 42.5 Å². The van der Waals surface area contributed by atoms with E-state index in [1.165, 1.54) is 5.39 Å². The van der Waals surface area contributed by atoms with Crippen molar-refractivity contribution in [1.29, 1.82) is 0 Å². The standard InChI is InChI=1S/C48H28N4OS/c1-3-14-29(15-4-1)31-19-13-20-33(26-31)45-50-46(38-27-32-18-7-8-21-34(32)35-22-9-10-23-36(35)38)52-47(51-45)43-42-37-24-11-12-25-40(37)53-41(42)28-39-44(43)54-48(49-39)30-16-5-2-6-17-30/h1-28H. The van der Waals surface area contributed by atoms with Gasteiger partial charge in [0, 0.05) is 33.5 Å². The molecule has 5 nitrogen and oxygen atoms in total. The normalized spacial score (nSPS) is 11.7. The number of fused-ring (bicyclic) bond motifs is 7. The monoisotopic (exact) mass is 708 g/mol. The Balaban J connectivity index is 1.25. The van der Waals surface area contributed by atoms with Gasteiger partial charge in [-0.05, 0) is 50.9 Å². The Hall–Kier alpha value is -7.02. The number of nitrogens with zero attached hydrogens (tertiary/aromatic N) is 4. The molecule has 0 N–H and O–H groups in total. The Bertz CT molecular complexity index is 3220. The average Bonchev–Trinajstić information content (AvgIpc) is 3.84. The fraction of sp³-hybridized carbons (Fsp3) is 0. The Kier molecular flexibility index (Phi) is 6.97. The summed E-state index contributed by atoms with van der Waals surface area (Å²) in [6.07, 6.45) is 0. The van der Waals surface area contributed by atoms with Gasteiger partial charge in [0.15, 0.2) is 17.5 Å². The van der Waals surface area contributed by atoms with Crippen LogP contribution in [0.3, 0.4) is 0 Å². The predicted octanol–water partition coefficient (Wildman–Crippen LogP) is 13.0. The smallest absolute Gasteiger partial charge is 0.166 e. The lowest BCUT2D eigenvalue weighted by atomic mass is 9.96. The predicted molar refractivity (Wildman–Crippen MR) is 222 cm³/mol. The molecule has 3 aromatic heterocycles. The van der Waals surface area contributed by atoms with Crippen LogP contribution in [0.5, 0.6) is 0 Å². The molecule has 252 valence electrons. The lowest BCUT2D eigenvalue weighted by molar-refractivity contribution is 0.669. The van der Waals surface area contributed by atoms with Crippen LogP contribution >= 0.6 is 11.3 Å². The number of rotatable bonds is 5. The molecular formula is C48H28N4OS. The molecule has 8 aromatic carbocycles. The summed E-state index contributed by atoms with van der Waals surface area (Å²) in [5.41, 5.74) is 8.41. The van der Waals surface area contributed by atoms with Crippen LogP contribution in [0, 0.1) is 0 Å². The highest BCUT2D eigenvalue weighted by Crippen LogP contribution is 2.45. The van der Waals surface area contributed by atoms with Gasteiger partial charge in [0.05, 0.1) is 15.8 Å². The molecule has 0 bridgehead atoms. The number of benzene rings is 8. The third-order valence-electron chi connectivity index (χ3n) is 10.1. The minimum Gasteiger partial charge on any atom is -0.456 e. The summed E-state index contributed by atoms with van der Waals surface area (Å²) in [4.78, 5) is 21.2. The van der Waals surface area contributed by atoms with Gasteiger partial charge < -0.3 is 4.42 Å². The summed E-state index contributed by atoms with van der Waals surface area (Å²) in [6.45, 7) is 0. The second kappa shape index (κ2) is 12.3. The van der Waals surface area contributed by atoms with Gasteiger partial charge in [0.25, 0.3) is 0 Å². The molecular weight excluding hydrogens is 681 g/mol. The van der Waals surface area contributed by atoms with Crippen molar-refractivity contribution in [2.75, 3.05) is 0 Å². The van der Waals surface area contributed by atoms with Gasteiger partial charge in [-0.3, -0.25) is 0 Å². The zero-order valence-electron chi connectivity index (χ0n) is 28.8. The summed E-state index contributed by atoms with van der Waals surface area (Å²) in [7, 11) is 0. The van der Waals surface area contributed by atoms with E-state index in [-0.39, 0.29) is 0 Å². The van der Waals surface area contributed by atoms with Crippen LogP contribution in [0.2, 0.25) is 0 Å². The van der Waals surface area contributed by atoms with Crippen LogP contribution < -0.4 is 0 Å². The maximum absolute atomic E-state index is 6.53. The van der Waals surface area contributed by atoms with E-state index >= 15 is 0 Å². The second-order valence-corrected chi connectivity index (χ2v) is 14.4. The molecule has 0 aliphatic heterocycles. The molecule has 3 heterocycles. The first-order valence-electron chi connectivity index (χ1n) is 17.9. The first-order chi connectivity index (χ1) is 26.7. The fourth-order valence-corrected chi connectivity index (χ4v) is 8.73. The Labute approximate surface area is 313 Å². The molecule has 0 aliphatic rings. The zero-order valence-corrected chi connectivity index (χ0v) is 29.6. The van der Waals surface area contributed by atoms with E-state index < -0.39 is 0 Å². The van der Waals surface area contributed by atoms with Crippen LogP contribution in [0.25, 0.3) is 110 Å². The zero-order chi connectivity index (χ0) is 35.6. The van der Waals surface area contributed by atoms with Crippen molar-refractivity contribution in [3.05, 3.63) is 170 Å². The van der Waals surface area contributed by atoms with Crippen molar-refractivity contribution in [3.63, 3.8) is 0 Å². The van der Waals surface area contributed by atoms with E-state index in [9.17, 15) is 0 Å². The number of para-hydroxylation sites is 1. The Morgan fingerprint density at radius 2 is 1.04 bits per heavy atom. The maximum atomic E-state index is 6.53. The molecule has 0 aliphatic carbocycles. The highest BCUT2D eigenvalue weighted by molar-refractivity contribution is 7.22. The van der Waals surface area contributed by atoms with Gasteiger partial charge in [0.1, 0.15) is 16.2 Å². The average molecular weight is 709 g/mol. The molecule has 0 saturated heterocycles. The minimum absolute atomic E-state index is 0.572. The van der Waals surface area contributed by atoms with Gasteiger partial charge in [-0.2, -0.15) is 0 Å². The summed E-state index contributed by atoms with van der Waals surface area (Å²) >= 11 is 1.65. The van der Waals surface area contributed by atoms with Crippen LogP contribution in [-0.2, 0) is 0 Å². The van der Waals surface area contributed by atoms with E-state index in [4.69, 9.17) is 24.4 Å². The quantitative estimate of drug-likeness (QED) is 0.167. The molecule has 0 saturated carbocycles. The molecule has 6 heteroatoms. The summed E-state index contributed by atoms with van der Waals surface area (Å²) in [6, 6.07) is 58.6. The molecule has 11 aromatic rings. The third-order valence-corrected chi connectivity index (χ3v) is 11.3. The van der Waals surface area contributed by atoms with Gasteiger partial charge in [-0.15, -0.1) is 11.3 Å². The van der Waals surface area contributed by atoms with Crippen molar-refractivity contribution in [1.82, 2.24) is 19.9 Å². The SMILES string of the molecule is c1ccc(-c2cccc(-c3nc(-c4cc5ccccc5c5ccccc45)nc(-c4c5sc(-c6ccccc6)nc5cc5oc6ccccc6c45)n3)c2)cc1. The van der Waals surface area contributed by atoms with Crippen molar-refractivity contribution < 1.29 is 4.42 Å². The van der Waals surface area contributed by atoms with Crippen molar-refractivity contribution in [3.8, 4) is 55.9 Å². The number of hydrogen-bond donors (Lipinski definition) is 0. The summed E-state index contributed by atoms with van der Waals surface area (Å²) < 4.78 is 7.53. The third kappa shape index (κ3) is 4.99. The summed E-state index contributed by atoms with van der Waals surface area (Å²) in [5, 5.41) is 7.45. The molecule has 0 unspecified atom stereocenters. The van der Waals surface area contributed by atoms with Crippen molar-refractivity contribution in [2.24, 2.45) is 0 Å². The van der Waals surface area contributed by atoms with Gasteiger partial charge in [-0.25, -0.2) is 19.9 Å². The van der Waals surface area contributed by atoms with Crippen LogP contribution in [-0.4, -0.2) is 19.9 Å². The number of aromatic nitrogens is 4. The van der Waals surface area contributed by atoms with E-state index in [1.54, 1.807) is 11.3 Å². The minimum atomic E-state index is 0.572. The number of thiazole rings is 1. The molecule has 54 heavy (non-hydrogen) atoms. The van der Waals surface area contributed by atoms with Gasteiger partial charge in [0.2, 0.25) is 0 Å². The van der Waals surface area contributed by atoms with Crippen LogP contribution in [0.1, 0.15) is 0 Å². The molecule has 0 spiro atoms. The maximum Gasteiger partial charge on any atom is 0.166 e. The van der Waals surface area contributed by atoms with Gasteiger partial charge in [-0.1, -0.05) is 146 Å². The molecule has 0 atom stereocenters. The van der Waals surface area contributed by atoms with E-state index in [0.29, 0.717) is 17.5 Å². The molecule has 0 radical (unpaired) electrons. The fourth-order valence-electron chi connectivity index (χ4n) is 7.63. The van der Waals surface area contributed by atoms with Crippen molar-refractivity contribution >= 4 is 65.0 Å². The first kappa shape index (κ1) is 30.6. The lowest BCUT2D eigenvalue weighted by Crippen LogP contribution is -2.01. The highest BCUT2D eigenvalue weighted by Gasteiger charge is 2.24. The summed E-state index contributed by atoms with van der Waals surface area (Å²) in [5.74, 6) is 1.77. The molecule has 0 amide bonds. The first-order valence-corrected chi connectivity index (χ1v) is 18.7. The van der Waals surface area contributed by atoms with Crippen LogP contribution in [0.4, 0.5) is 0 Å². The highest BCUT2D eigenvalue weighted by atomic mass is 32.1. The van der Waals surface area contributed by atoms with Gasteiger partial charge >= 0.3 is 0 Å². The molecule has 0 fully saturated rings. The molecule has 11 rings (SSSR count). The largest absolute Gasteiger partial charge is 0.456 e. The topological polar surface area (TPSA) is 64.7 Å². The van der Waals surface area contributed by atoms with Crippen LogP contribution in [0.15, 0.2) is 174 Å². The Morgan fingerprint density at radius 3 is 1.87 bits per heavy atom. The van der Waals surface area contributed by atoms with E-state index in [0.717, 1.165) is 86.7 Å². The number of furan rings is 1. The Morgan fingerprint density at radius 1 is 0.407 bits per heavy atom.